The lowest BCUT2D eigenvalue weighted by Crippen LogP contribution is -2.22. The number of rotatable bonds is 5. The summed E-state index contributed by atoms with van der Waals surface area (Å²) in [7, 11) is -3.55. The van der Waals surface area contributed by atoms with Crippen LogP contribution in [0.3, 0.4) is 0 Å². The molecule has 1 rings (SSSR count). The number of para-hydroxylation sites is 1. The van der Waals surface area contributed by atoms with E-state index < -0.39 is 16.0 Å². The predicted octanol–water partition coefficient (Wildman–Crippen LogP) is -0.333. The normalized spacial score (nSPS) is 11.1. The lowest BCUT2D eigenvalue weighted by molar-refractivity contribution is 0.0698. The Hall–Kier alpha value is -1.80. The molecule has 17 heavy (non-hydrogen) atoms. The van der Waals surface area contributed by atoms with E-state index in [0.29, 0.717) is 5.69 Å². The number of nitrogens with two attached hydrogens (primary N) is 2. The topological polar surface area (TPSA) is 136 Å². The summed E-state index contributed by atoms with van der Waals surface area (Å²) in [4.78, 5) is 10.8. The second-order valence-corrected chi connectivity index (χ2v) is 5.10. The van der Waals surface area contributed by atoms with Gasteiger partial charge in [0, 0.05) is 6.54 Å². The average Bonchev–Trinajstić information content (AvgIpc) is 2.18. The maximum atomic E-state index is 10.8. The Balaban J connectivity index is 2.79. The summed E-state index contributed by atoms with van der Waals surface area (Å²) in [6.45, 7) is 0.0616. The van der Waals surface area contributed by atoms with Crippen LogP contribution in [0.5, 0.6) is 0 Å². The highest BCUT2D eigenvalue weighted by atomic mass is 32.2. The fraction of sp³-hybridized carbons (Fsp3) is 0.222. The van der Waals surface area contributed by atoms with Crippen molar-refractivity contribution >= 4 is 27.4 Å². The second-order valence-electron chi connectivity index (χ2n) is 3.37. The molecule has 1 aromatic carbocycles. The highest BCUT2D eigenvalue weighted by Crippen LogP contribution is 2.22. The molecule has 8 heteroatoms. The summed E-state index contributed by atoms with van der Waals surface area (Å²) in [6, 6.07) is 4.44. The van der Waals surface area contributed by atoms with E-state index in [0.717, 1.165) is 0 Å². The van der Waals surface area contributed by atoms with E-state index >= 15 is 0 Å². The van der Waals surface area contributed by atoms with Crippen molar-refractivity contribution in [1.82, 2.24) is 0 Å². The van der Waals surface area contributed by atoms with Crippen LogP contribution in [0.4, 0.5) is 11.4 Å². The van der Waals surface area contributed by atoms with Crippen LogP contribution in [-0.2, 0) is 10.0 Å². The molecule has 0 aliphatic heterocycles. The minimum Gasteiger partial charge on any atom is -0.478 e. The molecule has 0 heterocycles. The van der Waals surface area contributed by atoms with Crippen molar-refractivity contribution in [3.05, 3.63) is 23.8 Å². The maximum Gasteiger partial charge on any atom is 0.337 e. The molecule has 0 saturated heterocycles. The lowest BCUT2D eigenvalue weighted by Gasteiger charge is -2.10. The van der Waals surface area contributed by atoms with Gasteiger partial charge in [0.25, 0.3) is 0 Å². The first-order chi connectivity index (χ1) is 7.81. The molecule has 0 saturated carbocycles. The number of sulfonamides is 1. The number of primary sulfonamides is 1. The van der Waals surface area contributed by atoms with E-state index in [1.54, 1.807) is 6.07 Å². The first kappa shape index (κ1) is 13.3. The van der Waals surface area contributed by atoms with Gasteiger partial charge in [-0.15, -0.1) is 0 Å². The Labute approximate surface area is 98.5 Å². The molecule has 0 bridgehead atoms. The van der Waals surface area contributed by atoms with Crippen LogP contribution >= 0.6 is 0 Å². The van der Waals surface area contributed by atoms with Gasteiger partial charge in [0.2, 0.25) is 10.0 Å². The van der Waals surface area contributed by atoms with Crippen molar-refractivity contribution in [2.45, 2.75) is 0 Å². The van der Waals surface area contributed by atoms with Gasteiger partial charge in [0.1, 0.15) is 0 Å². The number of benzene rings is 1. The van der Waals surface area contributed by atoms with Gasteiger partial charge in [-0.05, 0) is 12.1 Å². The van der Waals surface area contributed by atoms with Crippen LogP contribution in [-0.4, -0.2) is 31.8 Å². The van der Waals surface area contributed by atoms with Gasteiger partial charge in [0.15, 0.2) is 0 Å². The molecule has 0 aliphatic carbocycles. The van der Waals surface area contributed by atoms with Gasteiger partial charge in [-0.25, -0.2) is 18.4 Å². The number of carbonyl (C=O) groups is 1. The molecule has 0 fully saturated rings. The monoisotopic (exact) mass is 259 g/mol. The Morgan fingerprint density at radius 3 is 2.59 bits per heavy atom. The molecule has 0 aromatic heterocycles. The molecule has 7 nitrogen and oxygen atoms in total. The lowest BCUT2D eigenvalue weighted by atomic mass is 10.1. The molecular weight excluding hydrogens is 246 g/mol. The van der Waals surface area contributed by atoms with E-state index in [-0.39, 0.29) is 23.5 Å². The van der Waals surface area contributed by atoms with Crippen molar-refractivity contribution < 1.29 is 18.3 Å². The molecular formula is C9H13N3O4S. The van der Waals surface area contributed by atoms with E-state index in [2.05, 4.69) is 5.32 Å². The molecule has 6 N–H and O–H groups in total. The molecule has 0 aliphatic rings. The van der Waals surface area contributed by atoms with Crippen molar-refractivity contribution in [3.8, 4) is 0 Å². The number of carboxylic acid groups (broad SMARTS) is 1. The maximum absolute atomic E-state index is 10.8. The van der Waals surface area contributed by atoms with Gasteiger partial charge in [-0.3, -0.25) is 0 Å². The first-order valence-electron chi connectivity index (χ1n) is 4.67. The van der Waals surface area contributed by atoms with Gasteiger partial charge >= 0.3 is 5.97 Å². The summed E-state index contributed by atoms with van der Waals surface area (Å²) in [6.07, 6.45) is 0. The third kappa shape index (κ3) is 3.93. The Morgan fingerprint density at radius 2 is 2.06 bits per heavy atom. The standard InChI is InChI=1S/C9H13N3O4S/c10-8-6(9(13)14)2-1-3-7(8)12-4-5-17(11,15)16/h1-3,12H,4-5,10H2,(H,13,14)(H2,11,15,16). The first-order valence-corrected chi connectivity index (χ1v) is 6.39. The van der Waals surface area contributed by atoms with E-state index in [9.17, 15) is 13.2 Å². The smallest absolute Gasteiger partial charge is 0.337 e. The molecule has 0 amide bonds. The molecule has 94 valence electrons. The predicted molar refractivity (Wildman–Crippen MR) is 64.3 cm³/mol. The van der Waals surface area contributed by atoms with E-state index in [1.807, 2.05) is 0 Å². The van der Waals surface area contributed by atoms with Crippen molar-refractivity contribution in [3.63, 3.8) is 0 Å². The highest BCUT2D eigenvalue weighted by molar-refractivity contribution is 7.89. The molecule has 0 spiro atoms. The summed E-state index contributed by atoms with van der Waals surface area (Å²) in [5, 5.41) is 16.4. The number of carboxylic acids is 1. The quantitative estimate of drug-likeness (QED) is 0.534. The van der Waals surface area contributed by atoms with Crippen molar-refractivity contribution in [2.24, 2.45) is 5.14 Å². The van der Waals surface area contributed by atoms with Crippen LogP contribution in [0.1, 0.15) is 10.4 Å². The van der Waals surface area contributed by atoms with Crippen LogP contribution < -0.4 is 16.2 Å². The number of nitrogen functional groups attached to an aromatic ring is 1. The zero-order valence-electron chi connectivity index (χ0n) is 8.88. The van der Waals surface area contributed by atoms with E-state index in [4.69, 9.17) is 16.0 Å². The summed E-state index contributed by atoms with van der Waals surface area (Å²) < 4.78 is 21.4. The van der Waals surface area contributed by atoms with Gasteiger partial charge in [-0.1, -0.05) is 6.07 Å². The van der Waals surface area contributed by atoms with Gasteiger partial charge in [-0.2, -0.15) is 0 Å². The number of aromatic carboxylic acids is 1. The van der Waals surface area contributed by atoms with Crippen LogP contribution in [0.2, 0.25) is 0 Å². The molecule has 1 aromatic rings. The third-order valence-corrected chi connectivity index (χ3v) is 2.81. The Kier molecular flexibility index (Phi) is 3.92. The third-order valence-electron chi connectivity index (χ3n) is 2.04. The number of nitrogens with one attached hydrogen (secondary N) is 1. The SMILES string of the molecule is Nc1c(NCCS(N)(=O)=O)cccc1C(=O)O. The van der Waals surface area contributed by atoms with Gasteiger partial charge < -0.3 is 16.2 Å². The Morgan fingerprint density at radius 1 is 1.41 bits per heavy atom. The second kappa shape index (κ2) is 5.02. The van der Waals surface area contributed by atoms with Crippen LogP contribution in [0.25, 0.3) is 0 Å². The van der Waals surface area contributed by atoms with E-state index in [1.165, 1.54) is 12.1 Å². The van der Waals surface area contributed by atoms with Crippen LogP contribution in [0.15, 0.2) is 18.2 Å². The van der Waals surface area contributed by atoms with Crippen molar-refractivity contribution in [1.29, 1.82) is 0 Å². The fourth-order valence-corrected chi connectivity index (χ4v) is 1.62. The van der Waals surface area contributed by atoms with Crippen molar-refractivity contribution in [2.75, 3.05) is 23.3 Å². The number of anilines is 2. The van der Waals surface area contributed by atoms with Gasteiger partial charge in [0.05, 0.1) is 22.7 Å². The number of hydrogen-bond acceptors (Lipinski definition) is 5. The minimum absolute atomic E-state index is 0.0365. The summed E-state index contributed by atoms with van der Waals surface area (Å²) >= 11 is 0. The average molecular weight is 259 g/mol. The van der Waals surface area contributed by atoms with Crippen LogP contribution in [0, 0.1) is 0 Å². The summed E-state index contributed by atoms with van der Waals surface area (Å²) in [5.74, 6) is -1.40. The molecule has 0 unspecified atom stereocenters. The fourth-order valence-electron chi connectivity index (χ4n) is 1.23. The molecule has 0 radical (unpaired) electrons. The highest BCUT2D eigenvalue weighted by Gasteiger charge is 2.11. The summed E-state index contributed by atoms with van der Waals surface area (Å²) in [5.41, 5.74) is 6.01. The minimum atomic E-state index is -3.55. The Bertz CT molecular complexity index is 527. The largest absolute Gasteiger partial charge is 0.478 e. The zero-order valence-corrected chi connectivity index (χ0v) is 9.70. The number of hydrogen-bond donors (Lipinski definition) is 4. The zero-order chi connectivity index (χ0) is 13.1. The molecule has 0 atom stereocenters.